The highest BCUT2D eigenvalue weighted by Crippen LogP contribution is 2.14. The molecule has 12 heavy (non-hydrogen) atoms. The first-order valence-corrected chi connectivity index (χ1v) is 3.79. The maximum atomic E-state index is 11.3. The van der Waals surface area contributed by atoms with Crippen LogP contribution in [0.3, 0.4) is 0 Å². The van der Waals surface area contributed by atoms with Gasteiger partial charge in [-0.25, -0.2) is 0 Å². The molecule has 0 amide bonds. The molecule has 0 spiro atoms. The monoisotopic (exact) mass is 167 g/mol. The summed E-state index contributed by atoms with van der Waals surface area (Å²) >= 11 is 0. The number of likely N-dealkylation sites (N-methyl/N-ethyl adjacent to an activating group) is 1. The first-order chi connectivity index (χ1) is 5.66. The number of hydrogen-bond donors (Lipinski definition) is 0. The van der Waals surface area contributed by atoms with Crippen LogP contribution in [0.15, 0.2) is 23.9 Å². The highest BCUT2D eigenvalue weighted by atomic mass is 16.5. The van der Waals surface area contributed by atoms with Gasteiger partial charge in [-0.15, -0.1) is 0 Å². The molecule has 3 heteroatoms. The number of ether oxygens (including phenoxy) is 1. The molecule has 0 bridgehead atoms. The fourth-order valence-electron chi connectivity index (χ4n) is 1.18. The predicted octanol–water partition coefficient (Wildman–Crippen LogP) is 0.586. The van der Waals surface area contributed by atoms with Crippen LogP contribution in [0, 0.1) is 0 Å². The zero-order valence-electron chi connectivity index (χ0n) is 7.57. The Labute approximate surface area is 72.3 Å². The van der Waals surface area contributed by atoms with E-state index in [-0.39, 0.29) is 5.78 Å². The molecule has 0 saturated carbocycles. The van der Waals surface area contributed by atoms with E-state index in [9.17, 15) is 4.79 Å². The molecule has 0 saturated heterocycles. The molecule has 1 atom stereocenters. The Morgan fingerprint density at radius 2 is 2.17 bits per heavy atom. The van der Waals surface area contributed by atoms with Gasteiger partial charge in [0.2, 0.25) is 0 Å². The Bertz CT molecular complexity index is 241. The van der Waals surface area contributed by atoms with Gasteiger partial charge in [-0.05, 0) is 12.2 Å². The van der Waals surface area contributed by atoms with Gasteiger partial charge in [-0.2, -0.15) is 0 Å². The Kier molecular flexibility index (Phi) is 2.65. The number of methoxy groups -OCH3 is 1. The molecule has 1 aliphatic rings. The van der Waals surface area contributed by atoms with Gasteiger partial charge in [0, 0.05) is 21.2 Å². The normalized spacial score (nSPS) is 22.4. The minimum Gasteiger partial charge on any atom is -0.378 e. The summed E-state index contributed by atoms with van der Waals surface area (Å²) < 4.78 is 5.07. The molecule has 0 fully saturated rings. The molecule has 0 aromatic rings. The van der Waals surface area contributed by atoms with Gasteiger partial charge >= 0.3 is 0 Å². The zero-order valence-corrected chi connectivity index (χ0v) is 7.57. The van der Waals surface area contributed by atoms with Crippen molar-refractivity contribution in [1.82, 2.24) is 4.90 Å². The summed E-state index contributed by atoms with van der Waals surface area (Å²) in [6, 6.07) is 0. The molecule has 66 valence electrons. The fraction of sp³-hybridized carbons (Fsp3) is 0.444. The molecular formula is C9H13NO2. The van der Waals surface area contributed by atoms with Crippen molar-refractivity contribution in [3.63, 3.8) is 0 Å². The van der Waals surface area contributed by atoms with Crippen molar-refractivity contribution in [2.24, 2.45) is 0 Å². The highest BCUT2D eigenvalue weighted by Gasteiger charge is 2.23. The van der Waals surface area contributed by atoms with Gasteiger partial charge in [0.05, 0.1) is 5.70 Å². The average Bonchev–Trinajstić information content (AvgIpc) is 2.03. The van der Waals surface area contributed by atoms with Crippen LogP contribution in [0.25, 0.3) is 0 Å². The molecule has 0 radical (unpaired) electrons. The second kappa shape index (κ2) is 3.54. The third-order valence-electron chi connectivity index (χ3n) is 1.81. The summed E-state index contributed by atoms with van der Waals surface area (Å²) in [5, 5.41) is 0. The standard InChI is InChI=1S/C9H13NO2/c1-10(2)7-5-4-6-8(11)9(7)12-3/h4-6,9H,1-3H3. The van der Waals surface area contributed by atoms with E-state index in [0.29, 0.717) is 0 Å². The van der Waals surface area contributed by atoms with E-state index in [1.807, 2.05) is 25.1 Å². The van der Waals surface area contributed by atoms with Gasteiger partial charge in [0.15, 0.2) is 11.9 Å². The van der Waals surface area contributed by atoms with Crippen LogP contribution in [-0.4, -0.2) is 38.0 Å². The lowest BCUT2D eigenvalue weighted by Crippen LogP contribution is -2.32. The van der Waals surface area contributed by atoms with E-state index in [1.165, 1.54) is 6.08 Å². The summed E-state index contributed by atoms with van der Waals surface area (Å²) in [6.45, 7) is 0. The van der Waals surface area contributed by atoms with Crippen molar-refractivity contribution >= 4 is 5.78 Å². The number of carbonyl (C=O) groups excluding carboxylic acids is 1. The zero-order chi connectivity index (χ0) is 9.14. The number of nitrogens with zero attached hydrogens (tertiary/aromatic N) is 1. The summed E-state index contributed by atoms with van der Waals surface area (Å²) in [4.78, 5) is 13.1. The lowest BCUT2D eigenvalue weighted by molar-refractivity contribution is -0.122. The van der Waals surface area contributed by atoms with Crippen LogP contribution in [0.4, 0.5) is 0 Å². The number of rotatable bonds is 2. The number of hydrogen-bond acceptors (Lipinski definition) is 3. The van der Waals surface area contributed by atoms with Crippen LogP contribution in [-0.2, 0) is 9.53 Å². The first kappa shape index (κ1) is 9.00. The number of carbonyl (C=O) groups is 1. The molecule has 0 aromatic heterocycles. The lowest BCUT2D eigenvalue weighted by atomic mass is 10.1. The fourth-order valence-corrected chi connectivity index (χ4v) is 1.18. The molecule has 1 unspecified atom stereocenters. The van der Waals surface area contributed by atoms with Crippen LogP contribution in [0.2, 0.25) is 0 Å². The van der Waals surface area contributed by atoms with E-state index in [2.05, 4.69) is 0 Å². The largest absolute Gasteiger partial charge is 0.378 e. The summed E-state index contributed by atoms with van der Waals surface area (Å²) in [6.07, 6.45) is 4.73. The summed E-state index contributed by atoms with van der Waals surface area (Å²) in [5.74, 6) is 0.00343. The van der Waals surface area contributed by atoms with Crippen molar-refractivity contribution in [2.45, 2.75) is 6.10 Å². The van der Waals surface area contributed by atoms with Gasteiger partial charge < -0.3 is 9.64 Å². The van der Waals surface area contributed by atoms with Crippen molar-refractivity contribution in [2.75, 3.05) is 21.2 Å². The Balaban J connectivity index is 2.88. The molecule has 1 aliphatic carbocycles. The maximum Gasteiger partial charge on any atom is 0.190 e. The van der Waals surface area contributed by atoms with Crippen LogP contribution >= 0.6 is 0 Å². The third kappa shape index (κ3) is 1.56. The van der Waals surface area contributed by atoms with Gasteiger partial charge in [-0.3, -0.25) is 4.79 Å². The minimum absolute atomic E-state index is 0.00343. The van der Waals surface area contributed by atoms with Crippen molar-refractivity contribution in [3.8, 4) is 0 Å². The summed E-state index contributed by atoms with van der Waals surface area (Å²) in [7, 11) is 5.33. The summed E-state index contributed by atoms with van der Waals surface area (Å²) in [5.41, 5.74) is 0.894. The van der Waals surface area contributed by atoms with E-state index >= 15 is 0 Å². The van der Waals surface area contributed by atoms with E-state index < -0.39 is 6.10 Å². The maximum absolute atomic E-state index is 11.3. The Hall–Kier alpha value is -1.09. The van der Waals surface area contributed by atoms with Gasteiger partial charge in [0.1, 0.15) is 0 Å². The second-order valence-corrected chi connectivity index (χ2v) is 2.86. The van der Waals surface area contributed by atoms with E-state index in [0.717, 1.165) is 5.70 Å². The smallest absolute Gasteiger partial charge is 0.190 e. The van der Waals surface area contributed by atoms with Crippen molar-refractivity contribution in [1.29, 1.82) is 0 Å². The molecule has 0 aromatic carbocycles. The molecule has 1 rings (SSSR count). The third-order valence-corrected chi connectivity index (χ3v) is 1.81. The highest BCUT2D eigenvalue weighted by molar-refractivity contribution is 5.97. The molecular weight excluding hydrogens is 154 g/mol. The van der Waals surface area contributed by atoms with Crippen LogP contribution in [0.5, 0.6) is 0 Å². The van der Waals surface area contributed by atoms with Crippen molar-refractivity contribution in [3.05, 3.63) is 23.9 Å². The predicted molar refractivity (Wildman–Crippen MR) is 46.7 cm³/mol. The van der Waals surface area contributed by atoms with Gasteiger partial charge in [-0.1, -0.05) is 6.08 Å². The SMILES string of the molecule is COC1C(=O)C=CC=C1N(C)C. The quantitative estimate of drug-likeness (QED) is 0.602. The van der Waals surface area contributed by atoms with E-state index in [1.54, 1.807) is 13.2 Å². The topological polar surface area (TPSA) is 29.5 Å². The molecule has 0 heterocycles. The molecule has 0 N–H and O–H groups in total. The number of allylic oxidation sites excluding steroid dienone is 2. The first-order valence-electron chi connectivity index (χ1n) is 3.79. The lowest BCUT2D eigenvalue weighted by Gasteiger charge is -2.24. The van der Waals surface area contributed by atoms with E-state index in [4.69, 9.17) is 4.74 Å². The Morgan fingerprint density at radius 3 is 2.58 bits per heavy atom. The molecule has 0 aliphatic heterocycles. The minimum atomic E-state index is -0.426. The molecule has 3 nitrogen and oxygen atoms in total. The van der Waals surface area contributed by atoms with Crippen LogP contribution in [0.1, 0.15) is 0 Å². The Morgan fingerprint density at radius 1 is 1.50 bits per heavy atom. The van der Waals surface area contributed by atoms with Crippen molar-refractivity contribution < 1.29 is 9.53 Å². The van der Waals surface area contributed by atoms with Crippen LogP contribution < -0.4 is 0 Å². The average molecular weight is 167 g/mol. The number of ketones is 1. The second-order valence-electron chi connectivity index (χ2n) is 2.86. The van der Waals surface area contributed by atoms with Gasteiger partial charge in [0.25, 0.3) is 0 Å².